The Morgan fingerprint density at radius 2 is 2.19 bits per heavy atom. The van der Waals surface area contributed by atoms with Gasteiger partial charge in [0.05, 0.1) is 5.69 Å². The summed E-state index contributed by atoms with van der Waals surface area (Å²) in [5, 5.41) is 16.0. The van der Waals surface area contributed by atoms with Gasteiger partial charge in [0.1, 0.15) is 5.69 Å². The van der Waals surface area contributed by atoms with E-state index in [2.05, 4.69) is 5.16 Å². The lowest BCUT2D eigenvalue weighted by atomic mass is 10.1. The number of carbonyl (C=O) groups excluding carboxylic acids is 1. The van der Waals surface area contributed by atoms with Crippen LogP contribution in [0.25, 0.3) is 11.3 Å². The minimum Gasteiger partial charge on any atom is -0.475 e. The van der Waals surface area contributed by atoms with Gasteiger partial charge in [-0.3, -0.25) is 14.8 Å². The molecule has 1 aliphatic heterocycles. The van der Waals surface area contributed by atoms with Crippen molar-refractivity contribution in [1.82, 2.24) is 10.2 Å². The van der Waals surface area contributed by atoms with Gasteiger partial charge in [0.15, 0.2) is 0 Å². The quantitative estimate of drug-likeness (QED) is 0.923. The molecule has 1 amide bonds. The molecule has 1 aromatic heterocycles. The summed E-state index contributed by atoms with van der Waals surface area (Å²) in [6, 6.07) is 8.75. The molecule has 0 spiro atoms. The molecule has 0 radical (unpaired) electrons. The second-order valence-corrected chi connectivity index (χ2v) is 4.72. The van der Waals surface area contributed by atoms with E-state index in [-0.39, 0.29) is 11.7 Å². The van der Waals surface area contributed by atoms with Crippen LogP contribution < -0.4 is 5.01 Å². The number of aromatic carboxylic acids is 1. The number of hydrogen-bond acceptors (Lipinski definition) is 5. The molecule has 0 unspecified atom stereocenters. The summed E-state index contributed by atoms with van der Waals surface area (Å²) in [7, 11) is 1.72. The third-order valence-electron chi connectivity index (χ3n) is 3.42. The molecule has 1 N–H and O–H groups in total. The van der Waals surface area contributed by atoms with Crippen LogP contribution in [0.4, 0.5) is 5.69 Å². The van der Waals surface area contributed by atoms with Crippen molar-refractivity contribution in [2.24, 2.45) is 0 Å². The van der Waals surface area contributed by atoms with Gasteiger partial charge in [-0.05, 0) is 12.1 Å². The minimum atomic E-state index is -1.16. The summed E-state index contributed by atoms with van der Waals surface area (Å²) in [6.45, 7) is 0.623. The van der Waals surface area contributed by atoms with Gasteiger partial charge in [-0.15, -0.1) is 0 Å². The van der Waals surface area contributed by atoms with Crippen LogP contribution in [-0.2, 0) is 4.79 Å². The zero-order chi connectivity index (χ0) is 15.0. The topological polar surface area (TPSA) is 86.9 Å². The maximum absolute atomic E-state index is 11.6. The van der Waals surface area contributed by atoms with Crippen LogP contribution in [0.1, 0.15) is 17.0 Å². The van der Waals surface area contributed by atoms with Crippen molar-refractivity contribution in [1.29, 1.82) is 0 Å². The van der Waals surface area contributed by atoms with Gasteiger partial charge in [0.2, 0.25) is 11.7 Å². The van der Waals surface area contributed by atoms with Crippen LogP contribution in [0, 0.1) is 0 Å². The lowest BCUT2D eigenvalue weighted by Gasteiger charge is -2.26. The molecule has 0 aliphatic carbocycles. The molecule has 1 fully saturated rings. The van der Waals surface area contributed by atoms with Crippen molar-refractivity contribution >= 4 is 17.6 Å². The molecule has 0 bridgehead atoms. The number of rotatable bonds is 3. The monoisotopic (exact) mass is 287 g/mol. The molecule has 7 nitrogen and oxygen atoms in total. The molecule has 1 aromatic carbocycles. The molecule has 0 saturated carbocycles. The highest BCUT2D eigenvalue weighted by Crippen LogP contribution is 2.27. The summed E-state index contributed by atoms with van der Waals surface area (Å²) in [6.07, 6.45) is 0.480. The average Bonchev–Trinajstić information content (AvgIpc) is 3.08. The summed E-state index contributed by atoms with van der Waals surface area (Å²) >= 11 is 0. The fraction of sp³-hybridized carbons (Fsp3) is 0.214. The van der Waals surface area contributed by atoms with Gasteiger partial charge in [0, 0.05) is 31.6 Å². The fourth-order valence-electron chi connectivity index (χ4n) is 2.29. The molecule has 2 aromatic rings. The van der Waals surface area contributed by atoms with E-state index in [4.69, 9.17) is 9.63 Å². The van der Waals surface area contributed by atoms with Crippen molar-refractivity contribution in [3.63, 3.8) is 0 Å². The largest absolute Gasteiger partial charge is 0.475 e. The first kappa shape index (κ1) is 13.2. The second kappa shape index (κ2) is 4.93. The van der Waals surface area contributed by atoms with Crippen molar-refractivity contribution in [2.45, 2.75) is 6.42 Å². The van der Waals surface area contributed by atoms with Crippen molar-refractivity contribution in [3.05, 3.63) is 36.1 Å². The molecule has 0 atom stereocenters. The Hall–Kier alpha value is -2.83. The average molecular weight is 287 g/mol. The van der Waals surface area contributed by atoms with E-state index in [1.54, 1.807) is 12.1 Å². The predicted molar refractivity (Wildman–Crippen MR) is 73.6 cm³/mol. The third kappa shape index (κ3) is 2.33. The maximum atomic E-state index is 11.6. The Labute approximate surface area is 120 Å². The van der Waals surface area contributed by atoms with E-state index in [0.717, 1.165) is 11.3 Å². The first-order valence-corrected chi connectivity index (χ1v) is 6.41. The molecule has 21 heavy (non-hydrogen) atoms. The molecular weight excluding hydrogens is 274 g/mol. The number of anilines is 1. The van der Waals surface area contributed by atoms with E-state index >= 15 is 0 Å². The van der Waals surface area contributed by atoms with Crippen LogP contribution in [0.5, 0.6) is 0 Å². The molecule has 1 saturated heterocycles. The third-order valence-corrected chi connectivity index (χ3v) is 3.42. The summed E-state index contributed by atoms with van der Waals surface area (Å²) in [4.78, 5) is 22.4. The van der Waals surface area contributed by atoms with Crippen molar-refractivity contribution < 1.29 is 19.2 Å². The SMILES string of the molecule is CN1C(=O)CCN1c1cccc(-c2cc(C(=O)O)on2)c1. The van der Waals surface area contributed by atoms with Crippen LogP contribution in [-0.4, -0.2) is 40.7 Å². The fourth-order valence-corrected chi connectivity index (χ4v) is 2.29. The van der Waals surface area contributed by atoms with E-state index in [1.807, 2.05) is 29.3 Å². The number of nitrogens with zero attached hydrogens (tertiary/aromatic N) is 3. The van der Waals surface area contributed by atoms with E-state index < -0.39 is 5.97 Å². The van der Waals surface area contributed by atoms with Crippen LogP contribution in [0.15, 0.2) is 34.9 Å². The van der Waals surface area contributed by atoms with Gasteiger partial charge in [-0.2, -0.15) is 0 Å². The lowest BCUT2D eigenvalue weighted by molar-refractivity contribution is -0.126. The molecule has 108 valence electrons. The summed E-state index contributed by atoms with van der Waals surface area (Å²) in [5.41, 5.74) is 2.03. The smallest absolute Gasteiger partial charge is 0.374 e. The number of hydrazine groups is 1. The van der Waals surface area contributed by atoms with Gasteiger partial charge in [-0.1, -0.05) is 17.3 Å². The molecule has 1 aliphatic rings. The molecule has 7 heteroatoms. The predicted octanol–water partition coefficient (Wildman–Crippen LogP) is 1.62. The number of hydrogen-bond donors (Lipinski definition) is 1. The normalized spacial score (nSPS) is 14.8. The van der Waals surface area contributed by atoms with Gasteiger partial charge >= 0.3 is 5.97 Å². The number of carbonyl (C=O) groups is 2. The first-order chi connectivity index (χ1) is 10.1. The highest BCUT2D eigenvalue weighted by atomic mass is 16.5. The molecule has 2 heterocycles. The first-order valence-electron chi connectivity index (χ1n) is 6.41. The minimum absolute atomic E-state index is 0.0648. The highest BCUT2D eigenvalue weighted by molar-refractivity contribution is 5.86. The van der Waals surface area contributed by atoms with Crippen molar-refractivity contribution in [3.8, 4) is 11.3 Å². The molecule has 3 rings (SSSR count). The Morgan fingerprint density at radius 1 is 1.38 bits per heavy atom. The second-order valence-electron chi connectivity index (χ2n) is 4.72. The Balaban J connectivity index is 1.92. The van der Waals surface area contributed by atoms with Gasteiger partial charge < -0.3 is 9.63 Å². The van der Waals surface area contributed by atoms with Gasteiger partial charge in [0.25, 0.3) is 0 Å². The number of carboxylic acids is 1. The maximum Gasteiger partial charge on any atom is 0.374 e. The van der Waals surface area contributed by atoms with Gasteiger partial charge in [-0.25, -0.2) is 4.79 Å². The van der Waals surface area contributed by atoms with Crippen molar-refractivity contribution in [2.75, 3.05) is 18.6 Å². The van der Waals surface area contributed by atoms with Crippen LogP contribution in [0.2, 0.25) is 0 Å². The number of amides is 1. The standard InChI is InChI=1S/C14H13N3O4/c1-16-13(18)5-6-17(16)10-4-2-3-9(7-10)11-8-12(14(19)20)21-15-11/h2-4,7-8H,5-6H2,1H3,(H,19,20). The van der Waals surface area contributed by atoms with Crippen LogP contribution in [0.3, 0.4) is 0 Å². The molecular formula is C14H13N3O4. The summed E-state index contributed by atoms with van der Waals surface area (Å²) < 4.78 is 4.76. The zero-order valence-electron chi connectivity index (χ0n) is 11.3. The number of carboxylic acid groups (broad SMARTS) is 1. The zero-order valence-corrected chi connectivity index (χ0v) is 11.3. The van der Waals surface area contributed by atoms with Crippen LogP contribution >= 0.6 is 0 Å². The lowest BCUT2D eigenvalue weighted by Crippen LogP contribution is -2.35. The summed E-state index contributed by atoms with van der Waals surface area (Å²) in [5.74, 6) is -1.30. The van der Waals surface area contributed by atoms with E-state index in [0.29, 0.717) is 18.7 Å². The van der Waals surface area contributed by atoms with E-state index in [1.165, 1.54) is 6.07 Å². The Morgan fingerprint density at radius 3 is 2.81 bits per heavy atom. The Bertz CT molecular complexity index is 710. The highest BCUT2D eigenvalue weighted by Gasteiger charge is 2.25. The number of aromatic nitrogens is 1. The Kier molecular flexibility index (Phi) is 3.09. The number of benzene rings is 1. The van der Waals surface area contributed by atoms with E-state index in [9.17, 15) is 9.59 Å².